The maximum Gasteiger partial charge on any atom is 0.416 e. The fourth-order valence-corrected chi connectivity index (χ4v) is 0.674. The summed E-state index contributed by atoms with van der Waals surface area (Å²) in [6, 6.07) is -5.24. The number of rotatable bonds is 2. The largest absolute Gasteiger partial charge is 0.423 e. The molecule has 0 heterocycles. The molecule has 0 aromatic heterocycles. The SMILES string of the molecule is [2H]c1c([2H])c(OC(=O)C(=C)C([2H])([2H])[2H])c([2H])c(C(F)(F)F)c1[2H]. The highest BCUT2D eigenvalue weighted by Gasteiger charge is 2.30. The molecule has 0 atom stereocenters. The first kappa shape index (κ1) is 5.52. The van der Waals surface area contributed by atoms with Crippen molar-refractivity contribution in [3.05, 3.63) is 41.9 Å². The van der Waals surface area contributed by atoms with Gasteiger partial charge in [-0.25, -0.2) is 4.79 Å². The molecule has 0 bridgehead atoms. The standard InChI is InChI=1S/C11H9F3O2/c1-7(2)10(15)16-9-5-3-4-8(6-9)11(12,13)14/h3-6H,1H2,2H3/i2D3,3D,4D,5D,6D. The lowest BCUT2D eigenvalue weighted by atomic mass is 10.2. The van der Waals surface area contributed by atoms with E-state index in [4.69, 9.17) is 9.60 Å². The van der Waals surface area contributed by atoms with Gasteiger partial charge in [-0.2, -0.15) is 13.2 Å². The highest BCUT2D eigenvalue weighted by molar-refractivity contribution is 5.88. The van der Waals surface area contributed by atoms with E-state index in [1.807, 2.05) is 0 Å². The van der Waals surface area contributed by atoms with Crippen LogP contribution in [0.5, 0.6) is 5.75 Å². The number of carbonyl (C=O) groups excluding carboxylic acids is 1. The van der Waals surface area contributed by atoms with Crippen LogP contribution in [0.15, 0.2) is 36.3 Å². The minimum atomic E-state index is -5.19. The fourth-order valence-electron chi connectivity index (χ4n) is 0.674. The van der Waals surface area contributed by atoms with Crippen molar-refractivity contribution in [2.24, 2.45) is 0 Å². The van der Waals surface area contributed by atoms with Crippen molar-refractivity contribution in [2.75, 3.05) is 0 Å². The number of benzene rings is 1. The first-order valence-electron chi connectivity index (χ1n) is 7.28. The molecule has 86 valence electrons. The molecule has 0 amide bonds. The molecule has 0 unspecified atom stereocenters. The molecular weight excluding hydrogens is 221 g/mol. The van der Waals surface area contributed by atoms with Crippen LogP contribution in [-0.2, 0) is 11.0 Å². The maximum absolute atomic E-state index is 12.9. The molecule has 5 heteroatoms. The molecule has 1 aromatic carbocycles. The lowest BCUT2D eigenvalue weighted by molar-refractivity contribution is -0.138. The van der Waals surface area contributed by atoms with Crippen LogP contribution in [-0.4, -0.2) is 5.97 Å². The summed E-state index contributed by atoms with van der Waals surface area (Å²) in [7, 11) is 0. The number of hydrogen-bond donors (Lipinski definition) is 0. The van der Waals surface area contributed by atoms with Gasteiger partial charge < -0.3 is 4.74 Å². The van der Waals surface area contributed by atoms with Crippen LogP contribution in [0.4, 0.5) is 13.2 Å². The lowest BCUT2D eigenvalue weighted by Gasteiger charge is -2.08. The summed E-state index contributed by atoms with van der Waals surface area (Å²) in [5, 5.41) is 0. The molecule has 0 aliphatic rings. The van der Waals surface area contributed by atoms with Gasteiger partial charge in [0.25, 0.3) is 0 Å². The molecule has 0 saturated carbocycles. The molecule has 16 heavy (non-hydrogen) atoms. The summed E-state index contributed by atoms with van der Waals surface area (Å²) in [6.45, 7) is -0.0518. The Balaban J connectivity index is 3.47. The van der Waals surface area contributed by atoms with E-state index < -0.39 is 60.1 Å². The Kier molecular flexibility index (Phi) is 1.51. The van der Waals surface area contributed by atoms with E-state index in [1.54, 1.807) is 0 Å². The summed E-state index contributed by atoms with van der Waals surface area (Å²) >= 11 is 0. The van der Waals surface area contributed by atoms with Crippen LogP contribution < -0.4 is 4.74 Å². The van der Waals surface area contributed by atoms with Gasteiger partial charge in [0, 0.05) is 9.69 Å². The van der Waals surface area contributed by atoms with Gasteiger partial charge in [-0.15, -0.1) is 0 Å². The number of esters is 1. The molecule has 1 rings (SSSR count). The van der Waals surface area contributed by atoms with Crippen LogP contribution in [0.25, 0.3) is 0 Å². The van der Waals surface area contributed by atoms with E-state index in [2.05, 4.69) is 11.3 Å². The number of ether oxygens (including phenoxy) is 1. The molecule has 0 saturated heterocycles. The molecule has 1 aromatic rings. The average Bonchev–Trinajstić information content (AvgIpc) is 2.37. The number of alkyl halides is 3. The smallest absolute Gasteiger partial charge is 0.416 e. The zero-order chi connectivity index (χ0) is 18.3. The van der Waals surface area contributed by atoms with Crippen molar-refractivity contribution in [2.45, 2.75) is 13.0 Å². The Morgan fingerprint density at radius 3 is 2.81 bits per heavy atom. The van der Waals surface area contributed by atoms with Crippen molar-refractivity contribution in [1.82, 2.24) is 0 Å². The third-order valence-corrected chi connectivity index (χ3v) is 1.33. The van der Waals surface area contributed by atoms with Crippen molar-refractivity contribution >= 4 is 5.97 Å². The minimum Gasteiger partial charge on any atom is -0.423 e. The van der Waals surface area contributed by atoms with Crippen molar-refractivity contribution in [3.8, 4) is 5.75 Å². The summed E-state index contributed by atoms with van der Waals surface area (Å²) in [6.07, 6.45) is -5.19. The first-order valence-corrected chi connectivity index (χ1v) is 3.78. The van der Waals surface area contributed by atoms with E-state index >= 15 is 0 Å². The second kappa shape index (κ2) is 4.38. The summed E-state index contributed by atoms with van der Waals surface area (Å²) < 4.78 is 93.1. The monoisotopic (exact) mass is 237 g/mol. The average molecular weight is 237 g/mol. The van der Waals surface area contributed by atoms with Gasteiger partial charge in [0.1, 0.15) is 5.75 Å². The van der Waals surface area contributed by atoms with Gasteiger partial charge in [-0.3, -0.25) is 0 Å². The number of carbonyl (C=O) groups is 1. The molecule has 0 spiro atoms. The van der Waals surface area contributed by atoms with Crippen molar-refractivity contribution in [1.29, 1.82) is 0 Å². The lowest BCUT2D eigenvalue weighted by Crippen LogP contribution is -2.10. The maximum atomic E-state index is 12.9. The normalized spacial score (nSPS) is 18.1. The molecule has 0 aliphatic heterocycles. The van der Waals surface area contributed by atoms with Crippen LogP contribution in [0.3, 0.4) is 0 Å². The van der Waals surface area contributed by atoms with E-state index in [1.165, 1.54) is 0 Å². The second-order valence-electron chi connectivity index (χ2n) is 2.57. The fraction of sp³-hybridized carbons (Fsp3) is 0.182. The number of halogens is 3. The van der Waals surface area contributed by atoms with E-state index in [0.29, 0.717) is 0 Å². The van der Waals surface area contributed by atoms with E-state index in [-0.39, 0.29) is 0 Å². The van der Waals surface area contributed by atoms with Crippen LogP contribution in [0.1, 0.15) is 22.0 Å². The topological polar surface area (TPSA) is 26.3 Å². The zero-order valence-corrected chi connectivity index (χ0v) is 7.66. The van der Waals surface area contributed by atoms with Crippen LogP contribution in [0, 0.1) is 0 Å². The molecule has 2 nitrogen and oxygen atoms in total. The van der Waals surface area contributed by atoms with Gasteiger partial charge in [0.05, 0.1) is 11.0 Å². The molecular formula is C11H9F3O2. The summed E-state index contributed by atoms with van der Waals surface area (Å²) in [5.74, 6) is -2.91. The summed E-state index contributed by atoms with van der Waals surface area (Å²) in [4.78, 5) is 11.6. The Morgan fingerprint density at radius 1 is 1.56 bits per heavy atom. The van der Waals surface area contributed by atoms with Gasteiger partial charge in [-0.1, -0.05) is 12.6 Å². The van der Waals surface area contributed by atoms with Crippen molar-refractivity contribution < 1.29 is 32.3 Å². The molecule has 0 N–H and O–H groups in total. The molecule has 0 fully saturated rings. The van der Waals surface area contributed by atoms with Crippen LogP contribution in [0.2, 0.25) is 0 Å². The van der Waals surface area contributed by atoms with Crippen LogP contribution >= 0.6 is 0 Å². The van der Waals surface area contributed by atoms with Crippen molar-refractivity contribution in [3.63, 3.8) is 0 Å². The Morgan fingerprint density at radius 2 is 2.25 bits per heavy atom. The molecule has 0 radical (unpaired) electrons. The van der Waals surface area contributed by atoms with Gasteiger partial charge >= 0.3 is 12.1 Å². The number of hydrogen-bond acceptors (Lipinski definition) is 2. The predicted molar refractivity (Wildman–Crippen MR) is 51.9 cm³/mol. The Labute approximate surface area is 100 Å². The Bertz CT molecular complexity index is 680. The van der Waals surface area contributed by atoms with Gasteiger partial charge in [0.15, 0.2) is 0 Å². The van der Waals surface area contributed by atoms with Gasteiger partial charge in [0.2, 0.25) is 0 Å². The highest BCUT2D eigenvalue weighted by Crippen LogP contribution is 2.31. The minimum absolute atomic E-state index is 1.06. The zero-order valence-electron chi connectivity index (χ0n) is 14.7. The third kappa shape index (κ3) is 3.12. The quantitative estimate of drug-likeness (QED) is 0.448. The van der Waals surface area contributed by atoms with Gasteiger partial charge in [-0.05, 0) is 25.0 Å². The molecule has 0 aliphatic carbocycles. The van der Waals surface area contributed by atoms with E-state index in [0.717, 1.165) is 0 Å². The predicted octanol–water partition coefficient (Wildman–Crippen LogP) is 3.19. The Hall–Kier alpha value is -1.78. The summed E-state index contributed by atoms with van der Waals surface area (Å²) in [5.41, 5.74) is -2.92. The van der Waals surface area contributed by atoms with E-state index in [9.17, 15) is 18.0 Å². The first-order chi connectivity index (χ1) is 10.2. The third-order valence-electron chi connectivity index (χ3n) is 1.33. The second-order valence-corrected chi connectivity index (χ2v) is 2.57. The highest BCUT2D eigenvalue weighted by atomic mass is 19.4.